The van der Waals surface area contributed by atoms with Crippen LogP contribution >= 0.6 is 0 Å². The minimum atomic E-state index is -0.742. The molecule has 8 nitrogen and oxygen atoms in total. The van der Waals surface area contributed by atoms with Gasteiger partial charge in [0.25, 0.3) is 17.3 Å². The number of rotatable bonds is 9. The molecular formula is C15H21N3O5. The molecule has 0 spiro atoms. The molecular weight excluding hydrogens is 302 g/mol. The third-order valence-corrected chi connectivity index (χ3v) is 3.58. The van der Waals surface area contributed by atoms with Crippen molar-refractivity contribution in [1.82, 2.24) is 5.32 Å². The van der Waals surface area contributed by atoms with Crippen LogP contribution in [0.15, 0.2) is 12.1 Å². The number of unbranched alkanes of at least 4 members (excludes halogenated alkanes) is 4. The Morgan fingerprint density at radius 3 is 2.30 bits per heavy atom. The average Bonchev–Trinajstić information content (AvgIpc) is 2.50. The van der Waals surface area contributed by atoms with Gasteiger partial charge >= 0.3 is 0 Å². The monoisotopic (exact) mass is 323 g/mol. The fraction of sp³-hybridized carbons (Fsp3) is 0.533. The number of nitro benzene ring substituents is 2. The maximum Gasteiger partial charge on any atom is 0.279 e. The molecule has 1 aromatic rings. The Morgan fingerprint density at radius 2 is 1.74 bits per heavy atom. The molecule has 0 aliphatic carbocycles. The third kappa shape index (κ3) is 5.32. The van der Waals surface area contributed by atoms with Crippen LogP contribution in [0.1, 0.15) is 54.9 Å². The lowest BCUT2D eigenvalue weighted by Gasteiger charge is -2.08. The van der Waals surface area contributed by atoms with Gasteiger partial charge in [-0.15, -0.1) is 0 Å². The first-order chi connectivity index (χ1) is 10.9. The molecule has 23 heavy (non-hydrogen) atoms. The molecule has 0 radical (unpaired) electrons. The van der Waals surface area contributed by atoms with Crippen molar-refractivity contribution in [3.8, 4) is 0 Å². The number of nitro groups is 2. The quantitative estimate of drug-likeness (QED) is 0.424. The summed E-state index contributed by atoms with van der Waals surface area (Å²) in [5.74, 6) is -0.523. The highest BCUT2D eigenvalue weighted by molar-refractivity contribution is 5.97. The van der Waals surface area contributed by atoms with E-state index < -0.39 is 27.1 Å². The van der Waals surface area contributed by atoms with Crippen molar-refractivity contribution in [2.45, 2.75) is 46.0 Å². The number of carbonyl (C=O) groups is 1. The Hall–Kier alpha value is -2.51. The summed E-state index contributed by atoms with van der Waals surface area (Å²) in [5.41, 5.74) is -0.786. The van der Waals surface area contributed by atoms with E-state index in [1.165, 1.54) is 6.92 Å². The summed E-state index contributed by atoms with van der Waals surface area (Å²) in [6.07, 6.45) is 5.16. The highest BCUT2D eigenvalue weighted by atomic mass is 16.6. The van der Waals surface area contributed by atoms with Crippen LogP contribution in [0.25, 0.3) is 0 Å². The Bertz CT molecular complexity index is 601. The summed E-state index contributed by atoms with van der Waals surface area (Å²) in [7, 11) is 0. The summed E-state index contributed by atoms with van der Waals surface area (Å²) in [6, 6.07) is 1.95. The van der Waals surface area contributed by atoms with Gasteiger partial charge in [-0.25, -0.2) is 0 Å². The Labute approximate surface area is 134 Å². The number of amides is 1. The van der Waals surface area contributed by atoms with Crippen molar-refractivity contribution < 1.29 is 14.6 Å². The summed E-state index contributed by atoms with van der Waals surface area (Å²) >= 11 is 0. The molecule has 0 atom stereocenters. The second-order valence-electron chi connectivity index (χ2n) is 5.32. The minimum Gasteiger partial charge on any atom is -0.352 e. The molecule has 0 saturated carbocycles. The first-order valence-corrected chi connectivity index (χ1v) is 7.60. The van der Waals surface area contributed by atoms with Crippen molar-refractivity contribution in [3.05, 3.63) is 43.5 Å². The molecule has 0 unspecified atom stereocenters. The number of nitrogens with one attached hydrogen (secondary N) is 1. The summed E-state index contributed by atoms with van der Waals surface area (Å²) in [6.45, 7) is 3.97. The summed E-state index contributed by atoms with van der Waals surface area (Å²) in [5, 5.41) is 24.5. The standard InChI is InChI=1S/C15H21N3O5/c1-3-4-5-6-7-8-16-15(19)13-9-12(17(20)21)10-14(11(13)2)18(22)23/h9-10H,3-8H2,1-2H3,(H,16,19). The Kier molecular flexibility index (Phi) is 7.11. The van der Waals surface area contributed by atoms with Crippen LogP contribution < -0.4 is 5.32 Å². The summed E-state index contributed by atoms with van der Waals surface area (Å²) < 4.78 is 0. The molecule has 0 aromatic heterocycles. The first kappa shape index (κ1) is 18.5. The van der Waals surface area contributed by atoms with Crippen LogP contribution in [-0.2, 0) is 0 Å². The van der Waals surface area contributed by atoms with E-state index in [-0.39, 0.29) is 11.1 Å². The Morgan fingerprint density at radius 1 is 1.09 bits per heavy atom. The van der Waals surface area contributed by atoms with Crippen molar-refractivity contribution in [2.75, 3.05) is 6.54 Å². The van der Waals surface area contributed by atoms with Crippen molar-refractivity contribution >= 4 is 17.3 Å². The van der Waals surface area contributed by atoms with Gasteiger partial charge in [0, 0.05) is 18.2 Å². The Balaban J connectivity index is 2.83. The van der Waals surface area contributed by atoms with Gasteiger partial charge in [-0.05, 0) is 13.3 Å². The number of hydrogen-bond donors (Lipinski definition) is 1. The summed E-state index contributed by atoms with van der Waals surface area (Å²) in [4.78, 5) is 32.5. The third-order valence-electron chi connectivity index (χ3n) is 3.58. The molecule has 0 bridgehead atoms. The number of benzene rings is 1. The van der Waals surface area contributed by atoms with E-state index in [0.717, 1.165) is 44.2 Å². The van der Waals surface area contributed by atoms with Gasteiger partial charge < -0.3 is 5.32 Å². The van der Waals surface area contributed by atoms with E-state index in [0.29, 0.717) is 6.54 Å². The zero-order valence-corrected chi connectivity index (χ0v) is 13.3. The molecule has 1 aromatic carbocycles. The van der Waals surface area contributed by atoms with Crippen LogP contribution in [0.3, 0.4) is 0 Å². The number of carbonyl (C=O) groups excluding carboxylic acids is 1. The zero-order chi connectivity index (χ0) is 17.4. The molecule has 0 heterocycles. The smallest absolute Gasteiger partial charge is 0.279 e. The van der Waals surface area contributed by atoms with Gasteiger partial charge in [-0.1, -0.05) is 32.6 Å². The minimum absolute atomic E-state index is 0.0283. The maximum atomic E-state index is 12.1. The van der Waals surface area contributed by atoms with E-state index >= 15 is 0 Å². The second kappa shape index (κ2) is 8.82. The van der Waals surface area contributed by atoms with Gasteiger partial charge in [-0.2, -0.15) is 0 Å². The lowest BCUT2D eigenvalue weighted by molar-refractivity contribution is -0.394. The van der Waals surface area contributed by atoms with Crippen molar-refractivity contribution in [1.29, 1.82) is 0 Å². The fourth-order valence-electron chi connectivity index (χ4n) is 2.24. The lowest BCUT2D eigenvalue weighted by atomic mass is 10.0. The van der Waals surface area contributed by atoms with Gasteiger partial charge in [0.15, 0.2) is 0 Å². The van der Waals surface area contributed by atoms with Crippen LogP contribution in [0.5, 0.6) is 0 Å². The molecule has 1 rings (SSSR count). The normalized spacial score (nSPS) is 10.3. The van der Waals surface area contributed by atoms with E-state index in [9.17, 15) is 25.0 Å². The molecule has 8 heteroatoms. The van der Waals surface area contributed by atoms with Crippen LogP contribution in [-0.4, -0.2) is 22.3 Å². The van der Waals surface area contributed by atoms with Gasteiger partial charge in [-0.3, -0.25) is 25.0 Å². The van der Waals surface area contributed by atoms with E-state index in [1.807, 2.05) is 0 Å². The molecule has 0 aliphatic heterocycles. The topological polar surface area (TPSA) is 115 Å². The van der Waals surface area contributed by atoms with E-state index in [2.05, 4.69) is 12.2 Å². The lowest BCUT2D eigenvalue weighted by Crippen LogP contribution is -2.25. The number of nitrogens with zero attached hydrogens (tertiary/aromatic N) is 2. The molecule has 0 saturated heterocycles. The number of non-ortho nitro benzene ring substituents is 1. The maximum absolute atomic E-state index is 12.1. The highest BCUT2D eigenvalue weighted by Gasteiger charge is 2.24. The van der Waals surface area contributed by atoms with Crippen LogP contribution in [0.4, 0.5) is 11.4 Å². The predicted octanol–water partition coefficient (Wildman–Crippen LogP) is 3.51. The first-order valence-electron chi connectivity index (χ1n) is 7.60. The highest BCUT2D eigenvalue weighted by Crippen LogP contribution is 2.27. The average molecular weight is 323 g/mol. The number of hydrogen-bond acceptors (Lipinski definition) is 5. The SMILES string of the molecule is CCCCCCCNC(=O)c1cc([N+](=O)[O-])cc([N+](=O)[O-])c1C. The molecule has 1 amide bonds. The van der Waals surface area contributed by atoms with Gasteiger partial charge in [0.2, 0.25) is 0 Å². The van der Waals surface area contributed by atoms with Gasteiger partial charge in [0.1, 0.15) is 0 Å². The van der Waals surface area contributed by atoms with Crippen molar-refractivity contribution in [2.24, 2.45) is 0 Å². The van der Waals surface area contributed by atoms with E-state index in [1.54, 1.807) is 0 Å². The molecule has 126 valence electrons. The predicted molar refractivity (Wildman–Crippen MR) is 85.6 cm³/mol. The van der Waals surface area contributed by atoms with Crippen LogP contribution in [0.2, 0.25) is 0 Å². The van der Waals surface area contributed by atoms with Crippen molar-refractivity contribution in [3.63, 3.8) is 0 Å². The zero-order valence-electron chi connectivity index (χ0n) is 13.3. The molecule has 1 N–H and O–H groups in total. The molecule has 0 aliphatic rings. The molecule has 0 fully saturated rings. The largest absolute Gasteiger partial charge is 0.352 e. The van der Waals surface area contributed by atoms with Gasteiger partial charge in [0.05, 0.1) is 21.5 Å². The van der Waals surface area contributed by atoms with E-state index in [4.69, 9.17) is 0 Å². The fourth-order valence-corrected chi connectivity index (χ4v) is 2.24. The second-order valence-corrected chi connectivity index (χ2v) is 5.32. The van der Waals surface area contributed by atoms with Crippen LogP contribution in [0, 0.1) is 27.2 Å².